The molecule has 0 aliphatic rings. The highest BCUT2D eigenvalue weighted by atomic mass is 15.1. The Morgan fingerprint density at radius 3 is 2.90 bits per heavy atom. The van der Waals surface area contributed by atoms with E-state index in [1.807, 2.05) is 13.0 Å². The van der Waals surface area contributed by atoms with E-state index in [2.05, 4.69) is 15.2 Å². The van der Waals surface area contributed by atoms with Crippen LogP contribution in [0.2, 0.25) is 0 Å². The molecule has 0 radical (unpaired) electrons. The molecule has 0 atom stereocenters. The lowest BCUT2D eigenvalue weighted by molar-refractivity contribution is 1.05. The molecule has 0 amide bonds. The molecule has 2 rings (SSSR count). The van der Waals surface area contributed by atoms with Crippen LogP contribution in [-0.2, 0) is 0 Å². The molecule has 2 heterocycles. The quantitative estimate of drug-likeness (QED) is 0.588. The molecular weight excluding hydrogens is 126 g/mol. The highest BCUT2D eigenvalue weighted by Crippen LogP contribution is 2.10. The van der Waals surface area contributed by atoms with E-state index >= 15 is 0 Å². The Morgan fingerprint density at radius 1 is 1.30 bits per heavy atom. The number of nitrogens with one attached hydrogen (secondary N) is 1. The van der Waals surface area contributed by atoms with E-state index in [0.717, 1.165) is 16.6 Å². The zero-order valence-corrected chi connectivity index (χ0v) is 5.63. The first-order valence-corrected chi connectivity index (χ1v) is 3.12. The average Bonchev–Trinajstić information content (AvgIpc) is 2.27. The van der Waals surface area contributed by atoms with E-state index in [9.17, 15) is 0 Å². The lowest BCUT2D eigenvalue weighted by Gasteiger charge is -1.81. The zero-order valence-electron chi connectivity index (χ0n) is 5.63. The molecule has 3 heteroatoms. The van der Waals surface area contributed by atoms with Crippen LogP contribution in [0.4, 0.5) is 0 Å². The van der Waals surface area contributed by atoms with Crippen molar-refractivity contribution in [1.82, 2.24) is 15.2 Å². The molecule has 2 aromatic heterocycles. The smallest absolute Gasteiger partial charge is 0.0737 e. The summed E-state index contributed by atoms with van der Waals surface area (Å²) in [5.41, 5.74) is 2.19. The molecule has 0 spiro atoms. The van der Waals surface area contributed by atoms with Crippen molar-refractivity contribution in [2.75, 3.05) is 0 Å². The number of rotatable bonds is 0. The number of H-pyrrole nitrogens is 1. The highest BCUT2D eigenvalue weighted by Gasteiger charge is 1.94. The fourth-order valence-corrected chi connectivity index (χ4v) is 1.03. The predicted molar refractivity (Wildman–Crippen MR) is 38.6 cm³/mol. The molecule has 2 aromatic rings. The third-order valence-electron chi connectivity index (χ3n) is 1.47. The summed E-state index contributed by atoms with van der Waals surface area (Å²) in [6.07, 6.45) is 3.47. The lowest BCUT2D eigenvalue weighted by Crippen LogP contribution is -1.76. The van der Waals surface area contributed by atoms with E-state index in [1.165, 1.54) is 0 Å². The van der Waals surface area contributed by atoms with Crippen LogP contribution in [0, 0.1) is 6.92 Å². The number of aromatic amines is 1. The maximum atomic E-state index is 3.76. The summed E-state index contributed by atoms with van der Waals surface area (Å²) in [4.78, 5) is 3.16. The van der Waals surface area contributed by atoms with E-state index < -0.39 is 0 Å². The SMILES string of the molecule is Cc1cc2cnncc2[nH]1. The van der Waals surface area contributed by atoms with Gasteiger partial charge in [-0.15, -0.1) is 0 Å². The number of hydrogen-bond donors (Lipinski definition) is 1. The second-order valence-corrected chi connectivity index (χ2v) is 2.31. The zero-order chi connectivity index (χ0) is 6.97. The fourth-order valence-electron chi connectivity index (χ4n) is 1.03. The molecular formula is C7H7N3. The van der Waals surface area contributed by atoms with Gasteiger partial charge in [-0.25, -0.2) is 0 Å². The Balaban J connectivity index is 2.88. The summed E-state index contributed by atoms with van der Waals surface area (Å²) < 4.78 is 0. The van der Waals surface area contributed by atoms with Crippen molar-refractivity contribution in [3.05, 3.63) is 24.2 Å². The maximum Gasteiger partial charge on any atom is 0.0737 e. The molecule has 0 aliphatic carbocycles. The molecule has 0 aromatic carbocycles. The fraction of sp³-hybridized carbons (Fsp3) is 0.143. The Kier molecular flexibility index (Phi) is 0.974. The third kappa shape index (κ3) is 0.673. The first-order valence-electron chi connectivity index (χ1n) is 3.12. The molecule has 1 N–H and O–H groups in total. The van der Waals surface area contributed by atoms with Crippen LogP contribution in [0.1, 0.15) is 5.69 Å². The van der Waals surface area contributed by atoms with Crippen LogP contribution in [0.25, 0.3) is 10.9 Å². The maximum absolute atomic E-state index is 3.76. The van der Waals surface area contributed by atoms with Gasteiger partial charge in [0, 0.05) is 11.1 Å². The van der Waals surface area contributed by atoms with Gasteiger partial charge in [-0.3, -0.25) is 0 Å². The van der Waals surface area contributed by atoms with Crippen LogP contribution in [0.3, 0.4) is 0 Å². The van der Waals surface area contributed by atoms with Gasteiger partial charge in [0.15, 0.2) is 0 Å². The summed E-state index contributed by atoms with van der Waals surface area (Å²) in [7, 11) is 0. The van der Waals surface area contributed by atoms with Gasteiger partial charge in [0.2, 0.25) is 0 Å². The van der Waals surface area contributed by atoms with E-state index in [4.69, 9.17) is 0 Å². The Labute approximate surface area is 58.1 Å². The molecule has 0 unspecified atom stereocenters. The number of fused-ring (bicyclic) bond motifs is 1. The normalized spacial score (nSPS) is 10.5. The second-order valence-electron chi connectivity index (χ2n) is 2.31. The van der Waals surface area contributed by atoms with Gasteiger partial charge < -0.3 is 4.98 Å². The van der Waals surface area contributed by atoms with Gasteiger partial charge in [0.25, 0.3) is 0 Å². The van der Waals surface area contributed by atoms with Crippen molar-refractivity contribution in [2.45, 2.75) is 6.92 Å². The second kappa shape index (κ2) is 1.80. The van der Waals surface area contributed by atoms with Crippen molar-refractivity contribution >= 4 is 10.9 Å². The first-order chi connectivity index (χ1) is 4.86. The Bertz CT molecular complexity index is 317. The van der Waals surface area contributed by atoms with Gasteiger partial charge in [-0.2, -0.15) is 10.2 Å². The third-order valence-corrected chi connectivity index (χ3v) is 1.47. The molecule has 10 heavy (non-hydrogen) atoms. The van der Waals surface area contributed by atoms with Crippen molar-refractivity contribution in [1.29, 1.82) is 0 Å². The van der Waals surface area contributed by atoms with Gasteiger partial charge in [-0.1, -0.05) is 0 Å². The van der Waals surface area contributed by atoms with Gasteiger partial charge in [0.05, 0.1) is 17.9 Å². The van der Waals surface area contributed by atoms with Crippen LogP contribution < -0.4 is 0 Å². The van der Waals surface area contributed by atoms with Crippen LogP contribution in [0.15, 0.2) is 18.5 Å². The monoisotopic (exact) mass is 133 g/mol. The molecule has 0 saturated heterocycles. The Hall–Kier alpha value is -1.38. The van der Waals surface area contributed by atoms with Gasteiger partial charge in [-0.05, 0) is 13.0 Å². The van der Waals surface area contributed by atoms with Gasteiger partial charge in [0.1, 0.15) is 0 Å². The molecule has 0 aliphatic heterocycles. The average molecular weight is 133 g/mol. The number of aryl methyl sites for hydroxylation is 1. The minimum Gasteiger partial charge on any atom is -0.357 e. The Morgan fingerprint density at radius 2 is 2.10 bits per heavy atom. The topological polar surface area (TPSA) is 41.6 Å². The summed E-state index contributed by atoms with van der Waals surface area (Å²) in [6, 6.07) is 2.05. The summed E-state index contributed by atoms with van der Waals surface area (Å²) in [5, 5.41) is 8.62. The van der Waals surface area contributed by atoms with Crippen LogP contribution in [0.5, 0.6) is 0 Å². The predicted octanol–water partition coefficient (Wildman–Crippen LogP) is 1.27. The molecule has 0 fully saturated rings. The van der Waals surface area contributed by atoms with Crippen LogP contribution in [-0.4, -0.2) is 15.2 Å². The van der Waals surface area contributed by atoms with Crippen molar-refractivity contribution in [3.8, 4) is 0 Å². The lowest BCUT2D eigenvalue weighted by atomic mass is 10.3. The van der Waals surface area contributed by atoms with Crippen molar-refractivity contribution < 1.29 is 0 Å². The van der Waals surface area contributed by atoms with E-state index in [-0.39, 0.29) is 0 Å². The summed E-state index contributed by atoms with van der Waals surface area (Å²) in [5.74, 6) is 0. The van der Waals surface area contributed by atoms with Crippen LogP contribution >= 0.6 is 0 Å². The van der Waals surface area contributed by atoms with Crippen molar-refractivity contribution in [2.24, 2.45) is 0 Å². The number of nitrogens with zero attached hydrogens (tertiary/aromatic N) is 2. The minimum atomic E-state index is 1.05. The first kappa shape index (κ1) is 5.41. The number of hydrogen-bond acceptors (Lipinski definition) is 2. The van der Waals surface area contributed by atoms with Crippen molar-refractivity contribution in [3.63, 3.8) is 0 Å². The molecule has 0 saturated carbocycles. The number of aromatic nitrogens is 3. The van der Waals surface area contributed by atoms with Gasteiger partial charge >= 0.3 is 0 Å². The van der Waals surface area contributed by atoms with E-state index in [0.29, 0.717) is 0 Å². The standard InChI is InChI=1S/C7H7N3/c1-5-2-6-3-8-9-4-7(6)10-5/h2-4,10H,1H3. The molecule has 0 bridgehead atoms. The largest absolute Gasteiger partial charge is 0.357 e. The highest BCUT2D eigenvalue weighted by molar-refractivity contribution is 5.78. The molecule has 3 nitrogen and oxygen atoms in total. The summed E-state index contributed by atoms with van der Waals surface area (Å²) in [6.45, 7) is 2.01. The summed E-state index contributed by atoms with van der Waals surface area (Å²) >= 11 is 0. The van der Waals surface area contributed by atoms with E-state index in [1.54, 1.807) is 12.4 Å². The minimum absolute atomic E-state index is 1.05. The molecule has 50 valence electrons.